The summed E-state index contributed by atoms with van der Waals surface area (Å²) < 4.78 is 0. The largest absolute Gasteiger partial charge is 0.340 e. The number of H-pyrrole nitrogens is 2. The monoisotopic (exact) mass is 222 g/mol. The summed E-state index contributed by atoms with van der Waals surface area (Å²) in [5.41, 5.74) is -0.197. The van der Waals surface area contributed by atoms with Crippen LogP contribution in [0.15, 0.2) is 4.79 Å². The van der Waals surface area contributed by atoms with Gasteiger partial charge in [0.15, 0.2) is 0 Å². The van der Waals surface area contributed by atoms with Crippen LogP contribution in [0, 0.1) is 0 Å². The molecule has 0 bridgehead atoms. The Balaban J connectivity index is 1.69. The minimum absolute atomic E-state index is 0.197. The third kappa shape index (κ3) is 1.80. The second-order valence-electron chi connectivity index (χ2n) is 4.97. The molecule has 0 unspecified atom stereocenters. The van der Waals surface area contributed by atoms with Crippen LogP contribution in [-0.2, 0) is 6.54 Å². The second-order valence-corrected chi connectivity index (χ2v) is 4.97. The first-order valence-corrected chi connectivity index (χ1v) is 6.22. The highest BCUT2D eigenvalue weighted by molar-refractivity contribution is 4.92. The lowest BCUT2D eigenvalue weighted by molar-refractivity contribution is 0.0310. The minimum Gasteiger partial charge on any atom is -0.292 e. The SMILES string of the molecule is O=c1[nH]nc(CN(C2CCC2)C2CCC2)[nH]1. The molecule has 2 aliphatic carbocycles. The van der Waals surface area contributed by atoms with E-state index in [1.807, 2.05) is 0 Å². The van der Waals surface area contributed by atoms with Gasteiger partial charge in [0.1, 0.15) is 5.82 Å². The molecule has 5 heteroatoms. The van der Waals surface area contributed by atoms with Gasteiger partial charge in [-0.1, -0.05) is 12.8 Å². The molecule has 2 N–H and O–H groups in total. The molecule has 0 amide bonds. The van der Waals surface area contributed by atoms with Crippen molar-refractivity contribution in [1.82, 2.24) is 20.1 Å². The number of nitrogens with one attached hydrogen (secondary N) is 2. The summed E-state index contributed by atoms with van der Waals surface area (Å²) in [5.74, 6) is 0.781. The fourth-order valence-electron chi connectivity index (χ4n) is 2.55. The van der Waals surface area contributed by atoms with Gasteiger partial charge < -0.3 is 0 Å². The number of aromatic amines is 2. The highest BCUT2D eigenvalue weighted by Crippen LogP contribution is 2.34. The Hall–Kier alpha value is -1.10. The zero-order valence-electron chi connectivity index (χ0n) is 9.41. The van der Waals surface area contributed by atoms with Gasteiger partial charge >= 0.3 is 5.69 Å². The molecule has 5 nitrogen and oxygen atoms in total. The van der Waals surface area contributed by atoms with Gasteiger partial charge in [0.05, 0.1) is 6.54 Å². The van der Waals surface area contributed by atoms with E-state index in [9.17, 15) is 4.79 Å². The molecule has 0 radical (unpaired) electrons. The van der Waals surface area contributed by atoms with E-state index in [-0.39, 0.29) is 5.69 Å². The van der Waals surface area contributed by atoms with Crippen LogP contribution < -0.4 is 5.69 Å². The van der Waals surface area contributed by atoms with Gasteiger partial charge in [0.2, 0.25) is 0 Å². The smallest absolute Gasteiger partial charge is 0.292 e. The maximum atomic E-state index is 11.0. The van der Waals surface area contributed by atoms with Crippen molar-refractivity contribution in [1.29, 1.82) is 0 Å². The van der Waals surface area contributed by atoms with Gasteiger partial charge in [-0.05, 0) is 25.7 Å². The lowest BCUT2D eigenvalue weighted by Crippen LogP contribution is -2.49. The first-order chi connectivity index (χ1) is 7.83. The predicted molar refractivity (Wildman–Crippen MR) is 60.0 cm³/mol. The van der Waals surface area contributed by atoms with Crippen molar-refractivity contribution in [2.45, 2.75) is 57.2 Å². The van der Waals surface area contributed by atoms with Gasteiger partial charge in [-0.25, -0.2) is 9.89 Å². The van der Waals surface area contributed by atoms with Gasteiger partial charge in [-0.15, -0.1) is 0 Å². The van der Waals surface area contributed by atoms with Crippen LogP contribution >= 0.6 is 0 Å². The molecule has 0 atom stereocenters. The average molecular weight is 222 g/mol. The molecular weight excluding hydrogens is 204 g/mol. The molecule has 1 heterocycles. The lowest BCUT2D eigenvalue weighted by Gasteiger charge is -2.45. The standard InChI is InChI=1S/C11H18N4O/c16-11-12-10(13-14-11)7-15(8-3-1-4-8)9-5-2-6-9/h8-9H,1-7H2,(H2,12,13,14,16). The summed E-state index contributed by atoms with van der Waals surface area (Å²) in [7, 11) is 0. The molecule has 88 valence electrons. The van der Waals surface area contributed by atoms with E-state index in [1.54, 1.807) is 0 Å². The van der Waals surface area contributed by atoms with Crippen LogP contribution in [0.5, 0.6) is 0 Å². The molecule has 3 rings (SSSR count). The van der Waals surface area contributed by atoms with Crippen molar-refractivity contribution < 1.29 is 0 Å². The third-order valence-electron chi connectivity index (χ3n) is 3.97. The first-order valence-electron chi connectivity index (χ1n) is 6.22. The second kappa shape index (κ2) is 4.05. The van der Waals surface area contributed by atoms with Crippen molar-refractivity contribution in [2.75, 3.05) is 0 Å². The van der Waals surface area contributed by atoms with Crippen LogP contribution in [0.4, 0.5) is 0 Å². The van der Waals surface area contributed by atoms with E-state index < -0.39 is 0 Å². The van der Waals surface area contributed by atoms with Gasteiger partial charge in [-0.2, -0.15) is 5.10 Å². The molecule has 1 aromatic rings. The number of hydrogen-bond acceptors (Lipinski definition) is 3. The fourth-order valence-corrected chi connectivity index (χ4v) is 2.55. The molecule has 1 aromatic heterocycles. The topological polar surface area (TPSA) is 64.8 Å². The number of aromatic nitrogens is 3. The van der Waals surface area contributed by atoms with Crippen LogP contribution in [0.1, 0.15) is 44.3 Å². The summed E-state index contributed by atoms with van der Waals surface area (Å²) in [6, 6.07) is 1.45. The Labute approximate surface area is 94.2 Å². The fraction of sp³-hybridized carbons (Fsp3) is 0.818. The Kier molecular flexibility index (Phi) is 2.55. The number of hydrogen-bond donors (Lipinski definition) is 2. The summed E-state index contributed by atoms with van der Waals surface area (Å²) in [6.07, 6.45) is 7.95. The van der Waals surface area contributed by atoms with Gasteiger partial charge in [-0.3, -0.25) is 9.88 Å². The average Bonchev–Trinajstić information content (AvgIpc) is 2.44. The molecule has 0 aromatic carbocycles. The summed E-state index contributed by atoms with van der Waals surface area (Å²) in [4.78, 5) is 16.3. The van der Waals surface area contributed by atoms with E-state index in [0.717, 1.165) is 24.5 Å². The maximum Gasteiger partial charge on any atom is 0.340 e. The highest BCUT2D eigenvalue weighted by atomic mass is 16.1. The van der Waals surface area contributed by atoms with Crippen LogP contribution in [-0.4, -0.2) is 32.2 Å². The zero-order chi connectivity index (χ0) is 11.0. The molecule has 0 spiro atoms. The summed E-state index contributed by atoms with van der Waals surface area (Å²) in [5, 5.41) is 6.44. The zero-order valence-corrected chi connectivity index (χ0v) is 9.41. The van der Waals surface area contributed by atoms with Crippen molar-refractivity contribution in [2.24, 2.45) is 0 Å². The van der Waals surface area contributed by atoms with Crippen molar-refractivity contribution in [3.8, 4) is 0 Å². The minimum atomic E-state index is -0.197. The molecule has 2 saturated carbocycles. The number of nitrogens with zero attached hydrogens (tertiary/aromatic N) is 2. The summed E-state index contributed by atoms with van der Waals surface area (Å²) in [6.45, 7) is 0.800. The van der Waals surface area contributed by atoms with E-state index >= 15 is 0 Å². The maximum absolute atomic E-state index is 11.0. The Morgan fingerprint density at radius 3 is 2.19 bits per heavy atom. The van der Waals surface area contributed by atoms with Crippen LogP contribution in [0.3, 0.4) is 0 Å². The Morgan fingerprint density at radius 1 is 1.19 bits per heavy atom. The quantitative estimate of drug-likeness (QED) is 0.799. The highest BCUT2D eigenvalue weighted by Gasteiger charge is 2.33. The van der Waals surface area contributed by atoms with Crippen LogP contribution in [0.2, 0.25) is 0 Å². The Bertz CT molecular complexity index is 388. The van der Waals surface area contributed by atoms with E-state index in [4.69, 9.17) is 0 Å². The summed E-state index contributed by atoms with van der Waals surface area (Å²) >= 11 is 0. The molecule has 16 heavy (non-hydrogen) atoms. The Morgan fingerprint density at radius 2 is 1.81 bits per heavy atom. The van der Waals surface area contributed by atoms with Gasteiger partial charge in [0.25, 0.3) is 0 Å². The molecular formula is C11H18N4O. The lowest BCUT2D eigenvalue weighted by atomic mass is 9.84. The first kappa shape index (κ1) is 10.1. The van der Waals surface area contributed by atoms with Gasteiger partial charge in [0, 0.05) is 12.1 Å². The molecule has 2 fully saturated rings. The van der Waals surface area contributed by atoms with Crippen LogP contribution in [0.25, 0.3) is 0 Å². The van der Waals surface area contributed by atoms with E-state index in [0.29, 0.717) is 0 Å². The molecule has 0 aliphatic heterocycles. The van der Waals surface area contributed by atoms with E-state index in [1.165, 1.54) is 38.5 Å². The van der Waals surface area contributed by atoms with Crippen molar-refractivity contribution in [3.63, 3.8) is 0 Å². The van der Waals surface area contributed by atoms with Crippen molar-refractivity contribution in [3.05, 3.63) is 16.3 Å². The van der Waals surface area contributed by atoms with Crippen molar-refractivity contribution >= 4 is 0 Å². The predicted octanol–water partition coefficient (Wildman–Crippen LogP) is 1.00. The number of rotatable bonds is 4. The third-order valence-corrected chi connectivity index (χ3v) is 3.97. The van der Waals surface area contributed by atoms with E-state index in [2.05, 4.69) is 20.1 Å². The molecule has 0 saturated heterocycles. The molecule has 2 aliphatic rings. The normalized spacial score (nSPS) is 22.1.